The number of carbonyl (C=O) groups excluding carboxylic acids is 2. The second-order valence-corrected chi connectivity index (χ2v) is 8.32. The number of aliphatic hydroxyl groups is 1. The molecule has 8 nitrogen and oxygen atoms in total. The van der Waals surface area contributed by atoms with Crippen molar-refractivity contribution in [1.29, 1.82) is 5.26 Å². The second kappa shape index (κ2) is 10.9. The van der Waals surface area contributed by atoms with E-state index in [4.69, 9.17) is 14.2 Å². The van der Waals surface area contributed by atoms with E-state index in [1.807, 2.05) is 13.0 Å². The van der Waals surface area contributed by atoms with Crippen molar-refractivity contribution in [2.24, 2.45) is 0 Å². The van der Waals surface area contributed by atoms with E-state index >= 15 is 0 Å². The Labute approximate surface area is 214 Å². The Hall–Kier alpha value is -4.77. The average molecular weight is 499 g/mol. The molecule has 1 heterocycles. The van der Waals surface area contributed by atoms with Crippen molar-refractivity contribution in [2.45, 2.75) is 19.4 Å². The quantitative estimate of drug-likeness (QED) is 0.265. The van der Waals surface area contributed by atoms with Crippen LogP contribution in [0.3, 0.4) is 0 Å². The summed E-state index contributed by atoms with van der Waals surface area (Å²) in [5.41, 5.74) is 1.61. The molecule has 1 unspecified atom stereocenters. The summed E-state index contributed by atoms with van der Waals surface area (Å²) in [7, 11) is 2.99. The van der Waals surface area contributed by atoms with Gasteiger partial charge in [0.1, 0.15) is 11.5 Å². The molecule has 4 rings (SSSR count). The Morgan fingerprint density at radius 1 is 1.00 bits per heavy atom. The standard InChI is InChI=1S/C29H26N2O6/c1-4-14-37-22-7-5-6-20(15-22)27(32)25-26(19-10-13-23(35-2)24(16-19)36-3)31(29(34)28(25)33)21-11-8-18(17-30)9-12-21/h5-13,15-16,26,32H,4,14H2,1-3H3/b27-25-. The van der Waals surface area contributed by atoms with E-state index in [1.165, 1.54) is 19.1 Å². The zero-order chi connectivity index (χ0) is 26.5. The minimum Gasteiger partial charge on any atom is -0.507 e. The predicted molar refractivity (Wildman–Crippen MR) is 138 cm³/mol. The second-order valence-electron chi connectivity index (χ2n) is 8.32. The lowest BCUT2D eigenvalue weighted by atomic mass is 9.94. The highest BCUT2D eigenvalue weighted by atomic mass is 16.5. The highest BCUT2D eigenvalue weighted by molar-refractivity contribution is 6.51. The van der Waals surface area contributed by atoms with Crippen LogP contribution in [0.4, 0.5) is 5.69 Å². The Morgan fingerprint density at radius 3 is 2.38 bits per heavy atom. The van der Waals surface area contributed by atoms with Crippen molar-refractivity contribution >= 4 is 23.1 Å². The van der Waals surface area contributed by atoms with Crippen LogP contribution in [0.15, 0.2) is 72.3 Å². The highest BCUT2D eigenvalue weighted by Gasteiger charge is 2.47. The number of nitriles is 1. The fourth-order valence-corrected chi connectivity index (χ4v) is 4.24. The van der Waals surface area contributed by atoms with Crippen LogP contribution in [0.25, 0.3) is 5.76 Å². The van der Waals surface area contributed by atoms with Gasteiger partial charge in [-0.3, -0.25) is 14.5 Å². The van der Waals surface area contributed by atoms with E-state index in [9.17, 15) is 20.0 Å². The number of hydrogen-bond donors (Lipinski definition) is 1. The first-order valence-corrected chi connectivity index (χ1v) is 11.7. The molecule has 37 heavy (non-hydrogen) atoms. The largest absolute Gasteiger partial charge is 0.507 e. The van der Waals surface area contributed by atoms with Crippen LogP contribution in [0, 0.1) is 11.3 Å². The third kappa shape index (κ3) is 4.84. The lowest BCUT2D eigenvalue weighted by Crippen LogP contribution is -2.29. The number of anilines is 1. The first kappa shape index (κ1) is 25.3. The maximum atomic E-state index is 13.4. The molecule has 188 valence electrons. The molecule has 0 radical (unpaired) electrons. The first-order valence-electron chi connectivity index (χ1n) is 11.7. The molecule has 1 aliphatic rings. The lowest BCUT2D eigenvalue weighted by molar-refractivity contribution is -0.132. The smallest absolute Gasteiger partial charge is 0.300 e. The molecule has 1 saturated heterocycles. The number of amides is 1. The average Bonchev–Trinajstić information content (AvgIpc) is 3.21. The van der Waals surface area contributed by atoms with Crippen LogP contribution in [0.2, 0.25) is 0 Å². The molecule has 0 bridgehead atoms. The lowest BCUT2D eigenvalue weighted by Gasteiger charge is -2.26. The van der Waals surface area contributed by atoms with E-state index in [1.54, 1.807) is 66.7 Å². The summed E-state index contributed by atoms with van der Waals surface area (Å²) < 4.78 is 16.5. The van der Waals surface area contributed by atoms with Crippen molar-refractivity contribution < 1.29 is 28.9 Å². The van der Waals surface area contributed by atoms with Gasteiger partial charge in [0.05, 0.1) is 44.1 Å². The molecule has 1 fully saturated rings. The molecule has 0 spiro atoms. The molecule has 0 aliphatic carbocycles. The van der Waals surface area contributed by atoms with E-state index in [0.29, 0.717) is 46.2 Å². The van der Waals surface area contributed by atoms with Crippen molar-refractivity contribution in [3.05, 3.63) is 89.0 Å². The van der Waals surface area contributed by atoms with Crippen LogP contribution in [-0.4, -0.2) is 37.6 Å². The highest BCUT2D eigenvalue weighted by Crippen LogP contribution is 2.44. The van der Waals surface area contributed by atoms with Crippen LogP contribution < -0.4 is 19.1 Å². The Bertz CT molecular complexity index is 1400. The fraction of sp³-hybridized carbons (Fsp3) is 0.207. The molecule has 3 aromatic carbocycles. The normalized spacial score (nSPS) is 16.4. The van der Waals surface area contributed by atoms with Gasteiger partial charge in [-0.05, 0) is 60.5 Å². The Balaban J connectivity index is 1.92. The van der Waals surface area contributed by atoms with E-state index in [2.05, 4.69) is 0 Å². The topological polar surface area (TPSA) is 109 Å². The summed E-state index contributed by atoms with van der Waals surface area (Å²) in [4.78, 5) is 28.1. The summed E-state index contributed by atoms with van der Waals surface area (Å²) >= 11 is 0. The van der Waals surface area contributed by atoms with Gasteiger partial charge in [-0.15, -0.1) is 0 Å². The summed E-state index contributed by atoms with van der Waals surface area (Å²) in [6, 6.07) is 19.2. The minimum absolute atomic E-state index is 0.0748. The Morgan fingerprint density at radius 2 is 1.73 bits per heavy atom. The molecular weight excluding hydrogens is 472 g/mol. The molecule has 1 aliphatic heterocycles. The third-order valence-corrected chi connectivity index (χ3v) is 6.02. The van der Waals surface area contributed by atoms with Crippen LogP contribution in [-0.2, 0) is 9.59 Å². The molecule has 0 aromatic heterocycles. The third-order valence-electron chi connectivity index (χ3n) is 6.02. The number of rotatable bonds is 8. The van der Waals surface area contributed by atoms with Gasteiger partial charge in [-0.1, -0.05) is 25.1 Å². The van der Waals surface area contributed by atoms with Gasteiger partial charge in [-0.25, -0.2) is 0 Å². The van der Waals surface area contributed by atoms with Crippen LogP contribution >= 0.6 is 0 Å². The monoisotopic (exact) mass is 498 g/mol. The zero-order valence-corrected chi connectivity index (χ0v) is 20.7. The number of hydrogen-bond acceptors (Lipinski definition) is 7. The fourth-order valence-electron chi connectivity index (χ4n) is 4.24. The number of aliphatic hydroxyl groups excluding tert-OH is 1. The van der Waals surface area contributed by atoms with Crippen molar-refractivity contribution in [3.63, 3.8) is 0 Å². The van der Waals surface area contributed by atoms with Crippen LogP contribution in [0.5, 0.6) is 17.2 Å². The van der Waals surface area contributed by atoms with E-state index in [0.717, 1.165) is 6.42 Å². The van der Waals surface area contributed by atoms with E-state index in [-0.39, 0.29) is 11.3 Å². The summed E-state index contributed by atoms with van der Waals surface area (Å²) in [6.45, 7) is 2.48. The molecule has 0 saturated carbocycles. The minimum atomic E-state index is -0.965. The van der Waals surface area contributed by atoms with Gasteiger partial charge in [0, 0.05) is 11.3 Å². The van der Waals surface area contributed by atoms with Crippen molar-refractivity contribution in [1.82, 2.24) is 0 Å². The summed E-state index contributed by atoms with van der Waals surface area (Å²) in [5, 5.41) is 20.6. The Kier molecular flexibility index (Phi) is 7.44. The van der Waals surface area contributed by atoms with Gasteiger partial charge < -0.3 is 19.3 Å². The van der Waals surface area contributed by atoms with Gasteiger partial charge in [0.2, 0.25) is 0 Å². The number of ether oxygens (including phenoxy) is 3. The van der Waals surface area contributed by atoms with Crippen molar-refractivity contribution in [2.75, 3.05) is 25.7 Å². The van der Waals surface area contributed by atoms with Gasteiger partial charge in [0.25, 0.3) is 11.7 Å². The van der Waals surface area contributed by atoms with Gasteiger partial charge in [-0.2, -0.15) is 5.26 Å². The molecular formula is C29H26N2O6. The summed E-state index contributed by atoms with van der Waals surface area (Å²) in [6.07, 6.45) is 0.811. The maximum Gasteiger partial charge on any atom is 0.300 e. The van der Waals surface area contributed by atoms with Gasteiger partial charge >= 0.3 is 0 Å². The number of Topliss-reactive ketones (excluding diaryl/α,β-unsaturated/α-hetero) is 1. The molecule has 1 atom stereocenters. The number of carbonyl (C=O) groups is 2. The van der Waals surface area contributed by atoms with Crippen LogP contribution in [0.1, 0.15) is 36.1 Å². The van der Waals surface area contributed by atoms with Crippen molar-refractivity contribution in [3.8, 4) is 23.3 Å². The number of benzene rings is 3. The number of methoxy groups -OCH3 is 2. The molecule has 8 heteroatoms. The predicted octanol–water partition coefficient (Wildman–Crippen LogP) is 4.99. The summed E-state index contributed by atoms with van der Waals surface area (Å²) in [5.74, 6) is -0.542. The molecule has 1 amide bonds. The molecule has 3 aromatic rings. The number of nitrogens with zero attached hydrogens (tertiary/aromatic N) is 2. The van der Waals surface area contributed by atoms with Gasteiger partial charge in [0.15, 0.2) is 11.5 Å². The SMILES string of the molecule is CCCOc1cccc(/C(O)=C2/C(=O)C(=O)N(c3ccc(C#N)cc3)C2c2ccc(OC)c(OC)c2)c1. The zero-order valence-electron chi connectivity index (χ0n) is 20.7. The number of ketones is 1. The molecule has 1 N–H and O–H groups in total. The maximum absolute atomic E-state index is 13.4. The first-order chi connectivity index (χ1) is 17.9. The van der Waals surface area contributed by atoms with E-state index < -0.39 is 17.7 Å².